The minimum absolute atomic E-state index is 0.307. The van der Waals surface area contributed by atoms with Crippen LogP contribution < -0.4 is 14.8 Å². The van der Waals surface area contributed by atoms with Crippen LogP contribution in [0.15, 0.2) is 36.4 Å². The minimum atomic E-state index is -4.44. The highest BCUT2D eigenvalue weighted by Crippen LogP contribution is 2.40. The van der Waals surface area contributed by atoms with E-state index < -0.39 is 17.8 Å². The molecule has 3 rings (SSSR count). The van der Waals surface area contributed by atoms with Gasteiger partial charge in [-0.1, -0.05) is 17.7 Å². The summed E-state index contributed by atoms with van der Waals surface area (Å²) in [6.07, 6.45) is -3.55. The first-order valence-corrected chi connectivity index (χ1v) is 10.9. The number of ether oxygens (including phenoxy) is 2. The Balaban J connectivity index is 2.13. The number of nitrogens with one attached hydrogen (secondary N) is 1. The Labute approximate surface area is 186 Å². The van der Waals surface area contributed by atoms with Gasteiger partial charge in [0.1, 0.15) is 0 Å². The number of hydrogen-bond acceptors (Lipinski definition) is 4. The number of rotatable bonds is 7. The summed E-state index contributed by atoms with van der Waals surface area (Å²) in [6.45, 7) is 7.75. The van der Waals surface area contributed by atoms with E-state index >= 15 is 0 Å². The highest BCUT2D eigenvalue weighted by molar-refractivity contribution is 6.31. The zero-order valence-corrected chi connectivity index (χ0v) is 18.5. The second-order valence-corrected chi connectivity index (χ2v) is 7.76. The van der Waals surface area contributed by atoms with Gasteiger partial charge in [-0.25, -0.2) is 0 Å². The van der Waals surface area contributed by atoms with Gasteiger partial charge in [-0.05, 0) is 68.3 Å². The van der Waals surface area contributed by atoms with E-state index in [4.69, 9.17) is 21.1 Å². The van der Waals surface area contributed by atoms with Crippen LogP contribution in [0.25, 0.3) is 0 Å². The molecule has 2 aromatic carbocycles. The maximum absolute atomic E-state index is 13.5. The Morgan fingerprint density at radius 2 is 1.74 bits per heavy atom. The van der Waals surface area contributed by atoms with Crippen molar-refractivity contribution in [3.05, 3.63) is 58.1 Å². The molecule has 0 aliphatic carbocycles. The van der Waals surface area contributed by atoms with Crippen molar-refractivity contribution in [3.8, 4) is 11.5 Å². The summed E-state index contributed by atoms with van der Waals surface area (Å²) in [5.41, 5.74) is 0.542. The second-order valence-electron chi connectivity index (χ2n) is 7.35. The van der Waals surface area contributed by atoms with Crippen molar-refractivity contribution in [1.82, 2.24) is 10.2 Å². The van der Waals surface area contributed by atoms with Gasteiger partial charge in [-0.15, -0.1) is 0 Å². The van der Waals surface area contributed by atoms with E-state index in [9.17, 15) is 13.2 Å². The zero-order valence-electron chi connectivity index (χ0n) is 17.8. The molecule has 0 amide bonds. The van der Waals surface area contributed by atoms with E-state index in [-0.39, 0.29) is 0 Å². The molecule has 1 aliphatic heterocycles. The summed E-state index contributed by atoms with van der Waals surface area (Å²) >= 11 is 6.47. The first-order chi connectivity index (χ1) is 14.8. The average molecular weight is 457 g/mol. The molecule has 0 aromatic heterocycles. The number of benzene rings is 2. The van der Waals surface area contributed by atoms with E-state index in [0.717, 1.165) is 37.7 Å². The Morgan fingerprint density at radius 1 is 1.00 bits per heavy atom. The maximum Gasteiger partial charge on any atom is 0.416 e. The lowest BCUT2D eigenvalue weighted by atomic mass is 9.94. The van der Waals surface area contributed by atoms with Crippen LogP contribution in [-0.2, 0) is 6.18 Å². The van der Waals surface area contributed by atoms with Crippen LogP contribution in [0.3, 0.4) is 0 Å². The zero-order chi connectivity index (χ0) is 22.4. The minimum Gasteiger partial charge on any atom is -0.490 e. The number of hydrogen-bond donors (Lipinski definition) is 1. The molecule has 1 atom stereocenters. The fraction of sp³-hybridized carbons (Fsp3) is 0.478. The topological polar surface area (TPSA) is 33.7 Å². The van der Waals surface area contributed by atoms with Crippen LogP contribution >= 0.6 is 11.6 Å². The Kier molecular flexibility index (Phi) is 8.08. The van der Waals surface area contributed by atoms with Crippen molar-refractivity contribution in [2.45, 2.75) is 32.5 Å². The predicted molar refractivity (Wildman–Crippen MR) is 116 cm³/mol. The lowest BCUT2D eigenvalue weighted by Crippen LogP contribution is -2.33. The number of nitrogens with zero attached hydrogens (tertiary/aromatic N) is 1. The summed E-state index contributed by atoms with van der Waals surface area (Å²) in [5, 5.41) is 3.65. The highest BCUT2D eigenvalue weighted by Gasteiger charge is 2.33. The van der Waals surface area contributed by atoms with Crippen molar-refractivity contribution in [1.29, 1.82) is 0 Å². The third kappa shape index (κ3) is 5.84. The van der Waals surface area contributed by atoms with E-state index in [0.29, 0.717) is 41.8 Å². The largest absolute Gasteiger partial charge is 0.490 e. The summed E-state index contributed by atoms with van der Waals surface area (Å²) in [4.78, 5) is 2.17. The van der Waals surface area contributed by atoms with E-state index in [1.807, 2.05) is 32.0 Å². The molecule has 1 heterocycles. The molecule has 170 valence electrons. The van der Waals surface area contributed by atoms with Gasteiger partial charge in [0, 0.05) is 24.7 Å². The van der Waals surface area contributed by atoms with Gasteiger partial charge in [0.15, 0.2) is 11.5 Å². The molecular weight excluding hydrogens is 429 g/mol. The SMILES string of the molecule is CCOc1ccc(C(c2cc(C(F)(F)F)ccc2Cl)N2CCCNCC2)cc1OCC. The van der Waals surface area contributed by atoms with Gasteiger partial charge in [-0.3, -0.25) is 4.90 Å². The molecule has 2 aromatic rings. The first-order valence-electron chi connectivity index (χ1n) is 10.6. The summed E-state index contributed by atoms with van der Waals surface area (Å²) in [6, 6.07) is 8.64. The highest BCUT2D eigenvalue weighted by atomic mass is 35.5. The van der Waals surface area contributed by atoms with Crippen molar-refractivity contribution in [2.75, 3.05) is 39.4 Å². The molecule has 1 unspecified atom stereocenters. The molecular formula is C23H28ClF3N2O2. The molecule has 1 N–H and O–H groups in total. The molecule has 4 nitrogen and oxygen atoms in total. The summed E-state index contributed by atoms with van der Waals surface area (Å²) in [7, 11) is 0. The molecule has 0 spiro atoms. The van der Waals surface area contributed by atoms with Crippen LogP contribution in [0, 0.1) is 0 Å². The molecule has 8 heteroatoms. The van der Waals surface area contributed by atoms with Crippen molar-refractivity contribution < 1.29 is 22.6 Å². The molecule has 1 fully saturated rings. The number of halogens is 4. The molecule has 31 heavy (non-hydrogen) atoms. The van der Waals surface area contributed by atoms with Crippen LogP contribution in [-0.4, -0.2) is 44.3 Å². The van der Waals surface area contributed by atoms with Crippen LogP contribution in [0.5, 0.6) is 11.5 Å². The lowest BCUT2D eigenvalue weighted by molar-refractivity contribution is -0.137. The first kappa shape index (κ1) is 23.7. The summed E-state index contributed by atoms with van der Waals surface area (Å²) in [5.74, 6) is 1.18. The van der Waals surface area contributed by atoms with Crippen LogP contribution in [0.4, 0.5) is 13.2 Å². The van der Waals surface area contributed by atoms with Gasteiger partial charge < -0.3 is 14.8 Å². The molecule has 0 radical (unpaired) electrons. The van der Waals surface area contributed by atoms with Gasteiger partial charge in [0.05, 0.1) is 24.8 Å². The Hall–Kier alpha value is -1.96. The molecule has 0 bridgehead atoms. The van der Waals surface area contributed by atoms with Gasteiger partial charge >= 0.3 is 6.18 Å². The third-order valence-corrected chi connectivity index (χ3v) is 5.59. The number of alkyl halides is 3. The van der Waals surface area contributed by atoms with Crippen molar-refractivity contribution in [2.24, 2.45) is 0 Å². The quantitative estimate of drug-likeness (QED) is 0.593. The average Bonchev–Trinajstić information content (AvgIpc) is 3.00. The monoisotopic (exact) mass is 456 g/mol. The molecule has 1 saturated heterocycles. The van der Waals surface area contributed by atoms with E-state index in [1.54, 1.807) is 0 Å². The van der Waals surface area contributed by atoms with Crippen molar-refractivity contribution >= 4 is 11.6 Å². The predicted octanol–water partition coefficient (Wildman–Crippen LogP) is 5.54. The van der Waals surface area contributed by atoms with Crippen LogP contribution in [0.2, 0.25) is 5.02 Å². The van der Waals surface area contributed by atoms with Crippen LogP contribution in [0.1, 0.15) is 43.0 Å². The molecule has 1 aliphatic rings. The van der Waals surface area contributed by atoms with Gasteiger partial charge in [-0.2, -0.15) is 13.2 Å². The smallest absolute Gasteiger partial charge is 0.416 e. The summed E-state index contributed by atoms with van der Waals surface area (Å²) < 4.78 is 51.8. The fourth-order valence-corrected chi connectivity index (χ4v) is 4.10. The third-order valence-electron chi connectivity index (χ3n) is 5.24. The standard InChI is InChI=1S/C23H28ClF3N2O2/c1-3-30-20-9-6-16(14-21(20)31-4-2)22(29-12-5-10-28-11-13-29)18-15-17(23(25,26)27)7-8-19(18)24/h6-9,14-15,22,28H,3-5,10-13H2,1-2H3. The molecule has 0 saturated carbocycles. The second kappa shape index (κ2) is 10.6. The van der Waals surface area contributed by atoms with Gasteiger partial charge in [0.25, 0.3) is 0 Å². The van der Waals surface area contributed by atoms with E-state index in [1.165, 1.54) is 12.1 Å². The fourth-order valence-electron chi connectivity index (χ4n) is 3.88. The van der Waals surface area contributed by atoms with Gasteiger partial charge in [0.2, 0.25) is 0 Å². The maximum atomic E-state index is 13.5. The Morgan fingerprint density at radius 3 is 2.45 bits per heavy atom. The van der Waals surface area contributed by atoms with Crippen molar-refractivity contribution in [3.63, 3.8) is 0 Å². The lowest BCUT2D eigenvalue weighted by Gasteiger charge is -2.32. The normalized spacial score (nSPS) is 16.6. The Bertz CT molecular complexity index is 868. The van der Waals surface area contributed by atoms with E-state index in [2.05, 4.69) is 10.2 Å².